The summed E-state index contributed by atoms with van der Waals surface area (Å²) >= 11 is 0. The Morgan fingerprint density at radius 2 is 2.20 bits per heavy atom. The molecule has 0 radical (unpaired) electrons. The highest BCUT2D eigenvalue weighted by atomic mass is 16.5. The molecule has 4 heteroatoms. The number of ether oxygens (including phenoxy) is 1. The van der Waals surface area contributed by atoms with Gasteiger partial charge in [-0.3, -0.25) is 4.79 Å². The predicted octanol–water partition coefficient (Wildman–Crippen LogP) is 2.05. The number of nitrogens with zero attached hydrogens (tertiary/aromatic N) is 1. The maximum Gasteiger partial charge on any atom is 0.245 e. The van der Waals surface area contributed by atoms with Crippen LogP contribution in [-0.4, -0.2) is 42.1 Å². The number of carbonyl (C=O) groups excluding carboxylic acids is 1. The van der Waals surface area contributed by atoms with E-state index in [9.17, 15) is 4.79 Å². The minimum absolute atomic E-state index is 0.0983. The number of benzene rings is 1. The van der Waals surface area contributed by atoms with Crippen molar-refractivity contribution in [3.05, 3.63) is 29.8 Å². The smallest absolute Gasteiger partial charge is 0.245 e. The fourth-order valence-electron chi connectivity index (χ4n) is 3.05. The summed E-state index contributed by atoms with van der Waals surface area (Å²) in [6.45, 7) is 6.07. The van der Waals surface area contributed by atoms with Gasteiger partial charge in [0.15, 0.2) is 0 Å². The van der Waals surface area contributed by atoms with Gasteiger partial charge in [0.25, 0.3) is 0 Å². The number of carbonyl (C=O) groups is 1. The summed E-state index contributed by atoms with van der Waals surface area (Å²) in [6.07, 6.45) is 1.83. The van der Waals surface area contributed by atoms with Gasteiger partial charge >= 0.3 is 0 Å². The largest absolute Gasteiger partial charge is 0.373 e. The quantitative estimate of drug-likeness (QED) is 0.852. The van der Waals surface area contributed by atoms with E-state index in [4.69, 9.17) is 4.74 Å². The molecule has 0 spiro atoms. The summed E-state index contributed by atoms with van der Waals surface area (Å²) < 4.78 is 5.67. The minimum Gasteiger partial charge on any atom is -0.373 e. The van der Waals surface area contributed by atoms with Crippen LogP contribution in [0.3, 0.4) is 0 Å². The predicted molar refractivity (Wildman–Crippen MR) is 78.8 cm³/mol. The number of amides is 1. The Morgan fingerprint density at radius 3 is 3.00 bits per heavy atom. The second-order valence-electron chi connectivity index (χ2n) is 6.26. The topological polar surface area (TPSA) is 41.6 Å². The van der Waals surface area contributed by atoms with E-state index in [0.717, 1.165) is 18.5 Å². The van der Waals surface area contributed by atoms with Crippen LogP contribution in [0.15, 0.2) is 24.3 Å². The summed E-state index contributed by atoms with van der Waals surface area (Å²) in [6, 6.07) is 8.14. The molecule has 1 atom stereocenters. The average Bonchev–Trinajstić information content (AvgIpc) is 2.45. The molecule has 0 saturated carbocycles. The highest BCUT2D eigenvalue weighted by Crippen LogP contribution is 2.26. The van der Waals surface area contributed by atoms with Gasteiger partial charge in [-0.05, 0) is 38.3 Å². The Kier molecular flexibility index (Phi) is 3.42. The zero-order valence-corrected chi connectivity index (χ0v) is 12.2. The van der Waals surface area contributed by atoms with Crippen LogP contribution in [0.1, 0.15) is 25.8 Å². The van der Waals surface area contributed by atoms with E-state index in [2.05, 4.69) is 17.4 Å². The summed E-state index contributed by atoms with van der Waals surface area (Å²) in [7, 11) is 0. The fourth-order valence-corrected chi connectivity index (χ4v) is 3.05. The number of para-hydroxylation sites is 1. The maximum atomic E-state index is 12.7. The molecule has 1 unspecified atom stereocenters. The number of anilines is 1. The van der Waals surface area contributed by atoms with E-state index in [-0.39, 0.29) is 17.6 Å². The molecule has 4 nitrogen and oxygen atoms in total. The molecular formula is C16H22N2O2. The molecule has 3 rings (SSSR count). The number of aryl methyl sites for hydroxylation is 1. The molecule has 1 saturated heterocycles. The Hall–Kier alpha value is -1.55. The first-order valence-corrected chi connectivity index (χ1v) is 7.32. The van der Waals surface area contributed by atoms with Gasteiger partial charge in [0.05, 0.1) is 12.2 Å². The first kappa shape index (κ1) is 13.4. The lowest BCUT2D eigenvalue weighted by molar-refractivity contribution is -0.146. The van der Waals surface area contributed by atoms with Crippen molar-refractivity contribution in [1.29, 1.82) is 0 Å². The molecule has 2 heterocycles. The number of nitrogens with one attached hydrogen (secondary N) is 1. The molecule has 1 N–H and O–H groups in total. The van der Waals surface area contributed by atoms with Crippen LogP contribution in [0, 0.1) is 0 Å². The van der Waals surface area contributed by atoms with Crippen LogP contribution in [-0.2, 0) is 16.0 Å². The van der Waals surface area contributed by atoms with Crippen molar-refractivity contribution in [2.75, 3.05) is 25.0 Å². The Morgan fingerprint density at radius 1 is 1.40 bits per heavy atom. The first-order valence-electron chi connectivity index (χ1n) is 7.32. The summed E-state index contributed by atoms with van der Waals surface area (Å²) in [5, 5.41) is 3.39. The second-order valence-corrected chi connectivity index (χ2v) is 6.26. The molecule has 0 aliphatic carbocycles. The summed E-state index contributed by atoms with van der Waals surface area (Å²) in [4.78, 5) is 14.6. The van der Waals surface area contributed by atoms with Crippen LogP contribution in [0.4, 0.5) is 5.69 Å². The van der Waals surface area contributed by atoms with Crippen molar-refractivity contribution in [3.8, 4) is 0 Å². The van der Waals surface area contributed by atoms with Gasteiger partial charge in [-0.15, -0.1) is 0 Å². The zero-order chi connectivity index (χ0) is 14.2. The van der Waals surface area contributed by atoms with Gasteiger partial charge in [-0.25, -0.2) is 0 Å². The van der Waals surface area contributed by atoms with E-state index in [0.29, 0.717) is 19.7 Å². The third-order valence-electron chi connectivity index (χ3n) is 4.08. The lowest BCUT2D eigenvalue weighted by atomic mass is 9.96. The van der Waals surface area contributed by atoms with Crippen molar-refractivity contribution in [2.45, 2.75) is 38.3 Å². The van der Waals surface area contributed by atoms with Crippen LogP contribution in [0.2, 0.25) is 0 Å². The molecule has 1 amide bonds. The number of fused-ring (bicyclic) bond motifs is 1. The average molecular weight is 274 g/mol. The van der Waals surface area contributed by atoms with Crippen molar-refractivity contribution in [2.24, 2.45) is 0 Å². The molecule has 0 bridgehead atoms. The third-order valence-corrected chi connectivity index (χ3v) is 4.08. The van der Waals surface area contributed by atoms with Crippen molar-refractivity contribution in [1.82, 2.24) is 4.90 Å². The summed E-state index contributed by atoms with van der Waals surface area (Å²) in [5.74, 6) is 0.205. The van der Waals surface area contributed by atoms with E-state index in [1.54, 1.807) is 0 Å². The normalized spacial score (nSPS) is 24.7. The molecule has 1 aromatic carbocycles. The number of hydrogen-bond acceptors (Lipinski definition) is 3. The number of rotatable bonds is 1. The zero-order valence-electron chi connectivity index (χ0n) is 12.2. The lowest BCUT2D eigenvalue weighted by Gasteiger charge is -2.40. The highest BCUT2D eigenvalue weighted by molar-refractivity contribution is 5.85. The van der Waals surface area contributed by atoms with Crippen molar-refractivity contribution < 1.29 is 9.53 Å². The minimum atomic E-state index is -0.236. The summed E-state index contributed by atoms with van der Waals surface area (Å²) in [5.41, 5.74) is 2.17. The van der Waals surface area contributed by atoms with E-state index in [1.165, 1.54) is 5.56 Å². The van der Waals surface area contributed by atoms with Gasteiger partial charge in [-0.1, -0.05) is 18.2 Å². The molecule has 20 heavy (non-hydrogen) atoms. The van der Waals surface area contributed by atoms with Crippen LogP contribution in [0.5, 0.6) is 0 Å². The Balaban J connectivity index is 1.70. The first-order chi connectivity index (χ1) is 9.55. The molecule has 2 aliphatic heterocycles. The van der Waals surface area contributed by atoms with Gasteiger partial charge in [0.1, 0.15) is 6.04 Å². The monoisotopic (exact) mass is 274 g/mol. The van der Waals surface area contributed by atoms with Crippen LogP contribution < -0.4 is 5.32 Å². The van der Waals surface area contributed by atoms with Gasteiger partial charge < -0.3 is 15.0 Å². The number of morpholine rings is 1. The molecular weight excluding hydrogens is 252 g/mol. The van der Waals surface area contributed by atoms with Crippen molar-refractivity contribution in [3.63, 3.8) is 0 Å². The van der Waals surface area contributed by atoms with Crippen LogP contribution in [0.25, 0.3) is 0 Å². The van der Waals surface area contributed by atoms with E-state index >= 15 is 0 Å². The van der Waals surface area contributed by atoms with Gasteiger partial charge in [0, 0.05) is 18.8 Å². The maximum absolute atomic E-state index is 12.7. The molecule has 0 aromatic heterocycles. The molecule has 108 valence electrons. The van der Waals surface area contributed by atoms with Gasteiger partial charge in [0.2, 0.25) is 5.91 Å². The highest BCUT2D eigenvalue weighted by Gasteiger charge is 2.34. The fraction of sp³-hybridized carbons (Fsp3) is 0.562. The molecule has 1 aromatic rings. The SMILES string of the molecule is CC1(C)CN(C(=O)C2CCc3ccccc3N2)CCO1. The Bertz CT molecular complexity index is 513. The number of hydrogen-bond donors (Lipinski definition) is 1. The second kappa shape index (κ2) is 5.09. The Labute approximate surface area is 120 Å². The van der Waals surface area contributed by atoms with Gasteiger partial charge in [-0.2, -0.15) is 0 Å². The standard InChI is InChI=1S/C16H22N2O2/c1-16(2)11-18(9-10-20-16)15(19)14-8-7-12-5-3-4-6-13(12)17-14/h3-6,14,17H,7-11H2,1-2H3. The van der Waals surface area contributed by atoms with Crippen molar-refractivity contribution >= 4 is 11.6 Å². The lowest BCUT2D eigenvalue weighted by Crippen LogP contribution is -2.54. The van der Waals surface area contributed by atoms with Crippen LogP contribution >= 0.6 is 0 Å². The molecule has 2 aliphatic rings. The third kappa shape index (κ3) is 2.66. The molecule has 1 fully saturated rings. The van der Waals surface area contributed by atoms with E-state index < -0.39 is 0 Å². The van der Waals surface area contributed by atoms with E-state index in [1.807, 2.05) is 30.9 Å².